The van der Waals surface area contributed by atoms with Gasteiger partial charge in [0, 0.05) is 37.4 Å². The molecule has 0 radical (unpaired) electrons. The third-order valence-electron chi connectivity index (χ3n) is 5.00. The highest BCUT2D eigenvalue weighted by Crippen LogP contribution is 2.29. The normalized spacial score (nSPS) is 21.2. The number of likely N-dealkylation sites (tertiary alicyclic amines) is 1. The molecule has 1 fully saturated rings. The average molecular weight is 369 g/mol. The van der Waals surface area contributed by atoms with Crippen LogP contribution in [0.25, 0.3) is 16.3 Å². The lowest BCUT2D eigenvalue weighted by Gasteiger charge is -2.34. The summed E-state index contributed by atoms with van der Waals surface area (Å²) in [4.78, 5) is 3.40. The number of aliphatic hydroxyl groups is 2. The molecule has 2 atom stereocenters. The Bertz CT molecular complexity index is 832. The number of hydrogen-bond donors (Lipinski definition) is 2. The average Bonchev–Trinajstić information content (AvgIpc) is 3.32. The molecule has 3 aromatic rings. The maximum absolute atomic E-state index is 10.2. The zero-order valence-electron chi connectivity index (χ0n) is 14.5. The van der Waals surface area contributed by atoms with Gasteiger partial charge in [-0.1, -0.05) is 24.3 Å². The van der Waals surface area contributed by atoms with E-state index < -0.39 is 6.10 Å². The molecular weight excluding hydrogens is 346 g/mol. The minimum Gasteiger partial charge on any atom is -0.396 e. The van der Waals surface area contributed by atoms with Gasteiger partial charge in [0.15, 0.2) is 0 Å². The fourth-order valence-corrected chi connectivity index (χ4v) is 4.25. The predicted octanol–water partition coefficient (Wildman–Crippen LogP) is 2.78. The Morgan fingerprint density at radius 3 is 2.69 bits per heavy atom. The van der Waals surface area contributed by atoms with Crippen LogP contribution in [0.5, 0.6) is 0 Å². The van der Waals surface area contributed by atoms with Gasteiger partial charge in [-0.2, -0.15) is 5.10 Å². The smallest absolute Gasteiger partial charge is 0.107 e. The molecule has 2 aromatic heterocycles. The maximum atomic E-state index is 10.2. The molecule has 0 saturated carbocycles. The number of aliphatic hydroxyl groups excluding tert-OH is 2. The third kappa shape index (κ3) is 3.59. The van der Waals surface area contributed by atoms with Crippen LogP contribution in [0.2, 0.25) is 0 Å². The molecule has 1 saturated heterocycles. The van der Waals surface area contributed by atoms with Crippen molar-refractivity contribution in [2.75, 3.05) is 19.7 Å². The van der Waals surface area contributed by atoms with Gasteiger partial charge < -0.3 is 10.2 Å². The summed E-state index contributed by atoms with van der Waals surface area (Å²) in [6.07, 6.45) is 2.44. The molecule has 1 aromatic carbocycles. The van der Waals surface area contributed by atoms with Gasteiger partial charge in [0.05, 0.1) is 16.7 Å². The highest BCUT2D eigenvalue weighted by atomic mass is 32.1. The third-order valence-corrected chi connectivity index (χ3v) is 5.88. The topological polar surface area (TPSA) is 61.5 Å². The summed E-state index contributed by atoms with van der Waals surface area (Å²) >= 11 is 1.69. The predicted molar refractivity (Wildman–Crippen MR) is 103 cm³/mol. The molecule has 5 nitrogen and oxygen atoms in total. The summed E-state index contributed by atoms with van der Waals surface area (Å²) in [6, 6.07) is 14.3. The van der Waals surface area contributed by atoms with Crippen molar-refractivity contribution in [1.82, 2.24) is 14.7 Å². The van der Waals surface area contributed by atoms with Gasteiger partial charge in [-0.3, -0.25) is 4.90 Å². The van der Waals surface area contributed by atoms with Gasteiger partial charge in [0.25, 0.3) is 0 Å². The Morgan fingerprint density at radius 1 is 1.15 bits per heavy atom. The van der Waals surface area contributed by atoms with E-state index >= 15 is 0 Å². The Hall–Kier alpha value is -1.99. The highest BCUT2D eigenvalue weighted by molar-refractivity contribution is 7.13. The fraction of sp³-hybridized carbons (Fsp3) is 0.350. The first-order valence-electron chi connectivity index (χ1n) is 8.93. The first kappa shape index (κ1) is 17.4. The number of aromatic nitrogens is 2. The molecule has 0 unspecified atom stereocenters. The van der Waals surface area contributed by atoms with E-state index in [4.69, 9.17) is 5.10 Å². The Morgan fingerprint density at radius 2 is 2.00 bits per heavy atom. The van der Waals surface area contributed by atoms with E-state index in [-0.39, 0.29) is 12.5 Å². The lowest BCUT2D eigenvalue weighted by molar-refractivity contribution is -0.00440. The number of benzene rings is 1. The van der Waals surface area contributed by atoms with Gasteiger partial charge in [-0.05, 0) is 36.5 Å². The van der Waals surface area contributed by atoms with Crippen molar-refractivity contribution in [2.45, 2.75) is 19.1 Å². The Kier molecular flexibility index (Phi) is 5.17. The summed E-state index contributed by atoms with van der Waals surface area (Å²) in [6.45, 7) is 2.27. The number of rotatable bonds is 5. The van der Waals surface area contributed by atoms with Crippen LogP contribution in [0.4, 0.5) is 0 Å². The van der Waals surface area contributed by atoms with Crippen LogP contribution in [0.1, 0.15) is 12.0 Å². The standard InChI is InChI=1S/C20H23N3O2S/c24-14-15-8-9-22(13-18(15)25)11-16-12-23(17-5-2-1-3-6-17)21-20(16)19-7-4-10-26-19/h1-7,10,12,15,18,24-25H,8-9,11,13-14H2/t15-,18-/m1/s1. The molecule has 26 heavy (non-hydrogen) atoms. The quantitative estimate of drug-likeness (QED) is 0.726. The Balaban J connectivity index is 1.61. The van der Waals surface area contributed by atoms with Crippen LogP contribution in [-0.4, -0.2) is 50.7 Å². The summed E-state index contributed by atoms with van der Waals surface area (Å²) in [5, 5.41) is 26.5. The van der Waals surface area contributed by atoms with E-state index in [1.807, 2.05) is 41.1 Å². The molecule has 2 N–H and O–H groups in total. The van der Waals surface area contributed by atoms with Crippen LogP contribution >= 0.6 is 11.3 Å². The van der Waals surface area contributed by atoms with Crippen LogP contribution in [0, 0.1) is 5.92 Å². The van der Waals surface area contributed by atoms with E-state index in [1.165, 1.54) is 0 Å². The first-order valence-corrected chi connectivity index (χ1v) is 9.81. The number of nitrogens with zero attached hydrogens (tertiary/aromatic N) is 3. The second kappa shape index (κ2) is 7.72. The molecule has 0 aliphatic carbocycles. The minimum absolute atomic E-state index is 0.00458. The monoisotopic (exact) mass is 369 g/mol. The summed E-state index contributed by atoms with van der Waals surface area (Å²) < 4.78 is 1.93. The lowest BCUT2D eigenvalue weighted by Crippen LogP contribution is -2.44. The van der Waals surface area contributed by atoms with E-state index in [0.717, 1.165) is 41.3 Å². The van der Waals surface area contributed by atoms with E-state index in [0.29, 0.717) is 6.54 Å². The number of β-amino-alcohol motifs (C(OH)–C–C–N with tert-alkyl or cyclic N) is 1. The van der Waals surface area contributed by atoms with Crippen LogP contribution in [0.3, 0.4) is 0 Å². The molecule has 3 heterocycles. The largest absolute Gasteiger partial charge is 0.396 e. The summed E-state index contributed by atoms with van der Waals surface area (Å²) in [7, 11) is 0. The second-order valence-electron chi connectivity index (χ2n) is 6.79. The van der Waals surface area contributed by atoms with Crippen molar-refractivity contribution in [3.63, 3.8) is 0 Å². The maximum Gasteiger partial charge on any atom is 0.107 e. The van der Waals surface area contributed by atoms with Crippen molar-refractivity contribution < 1.29 is 10.2 Å². The van der Waals surface area contributed by atoms with Crippen molar-refractivity contribution in [1.29, 1.82) is 0 Å². The number of thiophene rings is 1. The molecule has 1 aliphatic rings. The second-order valence-corrected chi connectivity index (χ2v) is 7.74. The zero-order chi connectivity index (χ0) is 17.9. The molecule has 136 valence electrons. The molecule has 0 bridgehead atoms. The van der Waals surface area contributed by atoms with Gasteiger partial charge in [0.2, 0.25) is 0 Å². The summed E-state index contributed by atoms with van der Waals surface area (Å²) in [5.74, 6) is -0.00458. The van der Waals surface area contributed by atoms with E-state index in [1.54, 1.807) is 11.3 Å². The van der Waals surface area contributed by atoms with Crippen molar-refractivity contribution in [2.24, 2.45) is 5.92 Å². The molecule has 1 aliphatic heterocycles. The van der Waals surface area contributed by atoms with Crippen molar-refractivity contribution >= 4 is 11.3 Å². The minimum atomic E-state index is -0.469. The van der Waals surface area contributed by atoms with Crippen LogP contribution in [-0.2, 0) is 6.54 Å². The molecular formula is C20H23N3O2S. The Labute approximate surface area is 157 Å². The van der Waals surface area contributed by atoms with Crippen LogP contribution in [0.15, 0.2) is 54.0 Å². The number of piperidine rings is 1. The molecule has 0 spiro atoms. The molecule has 6 heteroatoms. The number of para-hydroxylation sites is 1. The van der Waals surface area contributed by atoms with Gasteiger partial charge in [-0.15, -0.1) is 11.3 Å². The highest BCUT2D eigenvalue weighted by Gasteiger charge is 2.28. The molecule has 0 amide bonds. The van der Waals surface area contributed by atoms with Crippen LogP contribution < -0.4 is 0 Å². The SMILES string of the molecule is OC[C@H]1CCN(Cc2cn(-c3ccccc3)nc2-c2cccs2)C[C@H]1O. The fourth-order valence-electron chi connectivity index (χ4n) is 3.50. The van der Waals surface area contributed by atoms with E-state index in [9.17, 15) is 10.2 Å². The molecule has 4 rings (SSSR count). The van der Waals surface area contributed by atoms with Gasteiger partial charge >= 0.3 is 0 Å². The van der Waals surface area contributed by atoms with Gasteiger partial charge in [0.1, 0.15) is 5.69 Å². The van der Waals surface area contributed by atoms with Gasteiger partial charge in [-0.25, -0.2) is 4.68 Å². The van der Waals surface area contributed by atoms with Crippen molar-refractivity contribution in [3.8, 4) is 16.3 Å². The lowest BCUT2D eigenvalue weighted by atomic mass is 9.94. The number of hydrogen-bond acceptors (Lipinski definition) is 5. The summed E-state index contributed by atoms with van der Waals surface area (Å²) in [5.41, 5.74) is 3.20. The van der Waals surface area contributed by atoms with Crippen molar-refractivity contribution in [3.05, 3.63) is 59.6 Å². The first-order chi connectivity index (χ1) is 12.7. The zero-order valence-corrected chi connectivity index (χ0v) is 15.3. The van der Waals surface area contributed by atoms with E-state index in [2.05, 4.69) is 22.5 Å².